The summed E-state index contributed by atoms with van der Waals surface area (Å²) >= 11 is 0. The average molecular weight is 619 g/mol. The Bertz CT molecular complexity index is 1350. The van der Waals surface area contributed by atoms with E-state index in [2.05, 4.69) is 91.1 Å². The van der Waals surface area contributed by atoms with Crippen LogP contribution in [0.2, 0.25) is 0 Å². The second-order valence-corrected chi connectivity index (χ2v) is 16.2. The Kier molecular flexibility index (Phi) is 9.43. The number of likely N-dealkylation sites (tertiary alicyclic amines) is 1. The first-order valence-electron chi connectivity index (χ1n) is 17.0. The molecule has 2 aliphatic heterocycles. The summed E-state index contributed by atoms with van der Waals surface area (Å²) in [5, 5.41) is 16.6. The van der Waals surface area contributed by atoms with Crippen molar-refractivity contribution in [1.82, 2.24) is 35.7 Å². The number of amidine groups is 1. The summed E-state index contributed by atoms with van der Waals surface area (Å²) in [5.74, 6) is 2.23. The van der Waals surface area contributed by atoms with Gasteiger partial charge in [0.15, 0.2) is 11.7 Å². The number of nitrogens with zero attached hydrogens (tertiary/aromatic N) is 6. The van der Waals surface area contributed by atoms with Crippen molar-refractivity contribution in [3.63, 3.8) is 0 Å². The summed E-state index contributed by atoms with van der Waals surface area (Å²) < 4.78 is 0. The number of rotatable bonds is 7. The van der Waals surface area contributed by atoms with Crippen molar-refractivity contribution in [3.8, 4) is 0 Å². The predicted octanol–water partition coefficient (Wildman–Crippen LogP) is 6.29. The molecule has 10 heteroatoms. The van der Waals surface area contributed by atoms with E-state index in [1.165, 1.54) is 0 Å². The molecular formula is C35H54N8O2. The SMILES string of the molecule is CC1CCN(C2=NC3(CCC(C(C)(C)C)CC3)N([C@H](CCC(C)(C)C)c3ccc(C(=O)NCc4nn[nH]n4)cc3)C2=O)C(C)C1. The number of hydrogen-bond acceptors (Lipinski definition) is 7. The van der Waals surface area contributed by atoms with Crippen molar-refractivity contribution in [1.29, 1.82) is 0 Å². The van der Waals surface area contributed by atoms with Crippen LogP contribution in [0.3, 0.4) is 0 Å². The number of benzene rings is 1. The molecule has 1 aromatic carbocycles. The van der Waals surface area contributed by atoms with Gasteiger partial charge in [0, 0.05) is 18.2 Å². The third-order valence-electron chi connectivity index (χ3n) is 10.4. The van der Waals surface area contributed by atoms with Gasteiger partial charge in [-0.25, -0.2) is 4.99 Å². The van der Waals surface area contributed by atoms with Crippen LogP contribution in [0.5, 0.6) is 0 Å². The molecule has 1 aromatic heterocycles. The van der Waals surface area contributed by atoms with Crippen LogP contribution in [-0.2, 0) is 11.3 Å². The predicted molar refractivity (Wildman–Crippen MR) is 176 cm³/mol. The number of carbonyl (C=O) groups excluding carboxylic acids is 2. The van der Waals surface area contributed by atoms with Gasteiger partial charge in [-0.1, -0.05) is 65.8 Å². The van der Waals surface area contributed by atoms with Crippen molar-refractivity contribution >= 4 is 17.6 Å². The zero-order valence-corrected chi connectivity index (χ0v) is 28.7. The van der Waals surface area contributed by atoms with Gasteiger partial charge in [-0.15, -0.1) is 10.2 Å². The maximum Gasteiger partial charge on any atom is 0.291 e. The van der Waals surface area contributed by atoms with E-state index in [0.29, 0.717) is 29.1 Å². The van der Waals surface area contributed by atoms with Gasteiger partial charge in [-0.3, -0.25) is 9.59 Å². The lowest BCUT2D eigenvalue weighted by Crippen LogP contribution is -2.53. The topological polar surface area (TPSA) is 119 Å². The first-order chi connectivity index (χ1) is 21.2. The molecule has 1 saturated carbocycles. The molecule has 2 aromatic rings. The van der Waals surface area contributed by atoms with E-state index >= 15 is 0 Å². The van der Waals surface area contributed by atoms with Crippen molar-refractivity contribution in [2.24, 2.45) is 27.7 Å². The number of aliphatic imine (C=N–C) groups is 1. The fourth-order valence-corrected chi connectivity index (χ4v) is 7.63. The molecule has 2 fully saturated rings. The summed E-state index contributed by atoms with van der Waals surface area (Å²) in [4.78, 5) is 37.7. The Balaban J connectivity index is 1.47. The van der Waals surface area contributed by atoms with E-state index in [1.807, 2.05) is 24.3 Å². The van der Waals surface area contributed by atoms with E-state index < -0.39 is 5.66 Å². The highest BCUT2D eigenvalue weighted by Gasteiger charge is 2.54. The van der Waals surface area contributed by atoms with Crippen molar-refractivity contribution in [2.45, 2.75) is 131 Å². The van der Waals surface area contributed by atoms with Gasteiger partial charge < -0.3 is 15.1 Å². The highest BCUT2D eigenvalue weighted by atomic mass is 16.2. The molecule has 3 heterocycles. The Morgan fingerprint density at radius 3 is 2.33 bits per heavy atom. The van der Waals surface area contributed by atoms with E-state index in [1.54, 1.807) is 0 Å². The summed E-state index contributed by atoms with van der Waals surface area (Å²) in [7, 11) is 0. The van der Waals surface area contributed by atoms with Crippen molar-refractivity contribution in [3.05, 3.63) is 41.2 Å². The number of nitrogens with one attached hydrogen (secondary N) is 2. The van der Waals surface area contributed by atoms with Crippen LogP contribution in [0.1, 0.15) is 135 Å². The maximum atomic E-state index is 14.8. The highest BCUT2D eigenvalue weighted by Crippen LogP contribution is 2.50. The Labute approximate surface area is 269 Å². The van der Waals surface area contributed by atoms with E-state index in [-0.39, 0.29) is 41.3 Å². The summed E-state index contributed by atoms with van der Waals surface area (Å²) in [6.45, 7) is 19.4. The third-order valence-corrected chi connectivity index (χ3v) is 10.4. The molecule has 2 amide bonds. The molecule has 3 atom stereocenters. The second-order valence-electron chi connectivity index (χ2n) is 16.2. The normalized spacial score (nSPS) is 26.7. The minimum Gasteiger partial charge on any atom is -0.350 e. The molecular weight excluding hydrogens is 564 g/mol. The molecule has 1 aliphatic carbocycles. The van der Waals surface area contributed by atoms with Gasteiger partial charge in [0.1, 0.15) is 5.66 Å². The number of amides is 2. The van der Waals surface area contributed by atoms with Gasteiger partial charge >= 0.3 is 0 Å². The van der Waals surface area contributed by atoms with Crippen LogP contribution >= 0.6 is 0 Å². The smallest absolute Gasteiger partial charge is 0.291 e. The van der Waals surface area contributed by atoms with Crippen molar-refractivity contribution in [2.75, 3.05) is 6.54 Å². The molecule has 0 radical (unpaired) electrons. The molecule has 1 spiro atoms. The fraction of sp³-hybridized carbons (Fsp3) is 0.714. The van der Waals surface area contributed by atoms with Gasteiger partial charge in [-0.2, -0.15) is 5.21 Å². The largest absolute Gasteiger partial charge is 0.350 e. The summed E-state index contributed by atoms with van der Waals surface area (Å²) in [5.41, 5.74) is 1.40. The van der Waals surface area contributed by atoms with Crippen LogP contribution < -0.4 is 5.32 Å². The summed E-state index contributed by atoms with van der Waals surface area (Å²) in [6.07, 6.45) is 7.83. The number of aromatic amines is 1. The van der Waals surface area contributed by atoms with Crippen LogP contribution in [0.25, 0.3) is 0 Å². The maximum absolute atomic E-state index is 14.8. The first kappa shape index (κ1) is 33.1. The molecule has 3 aliphatic rings. The van der Waals surface area contributed by atoms with Crippen LogP contribution in [0.4, 0.5) is 0 Å². The lowest BCUT2D eigenvalue weighted by molar-refractivity contribution is -0.134. The number of piperidine rings is 1. The van der Waals surface area contributed by atoms with Gasteiger partial charge in [-0.05, 0) is 98.7 Å². The van der Waals surface area contributed by atoms with Crippen LogP contribution in [0.15, 0.2) is 29.3 Å². The Morgan fingerprint density at radius 1 is 1.07 bits per heavy atom. The highest BCUT2D eigenvalue weighted by molar-refractivity contribution is 6.39. The number of hydrogen-bond donors (Lipinski definition) is 2. The molecule has 2 unspecified atom stereocenters. The molecule has 5 rings (SSSR count). The lowest BCUT2D eigenvalue weighted by atomic mass is 9.69. The minimum atomic E-state index is -0.542. The molecule has 246 valence electrons. The molecule has 45 heavy (non-hydrogen) atoms. The van der Waals surface area contributed by atoms with Crippen molar-refractivity contribution < 1.29 is 9.59 Å². The third kappa shape index (κ3) is 7.41. The van der Waals surface area contributed by atoms with E-state index in [4.69, 9.17) is 4.99 Å². The zero-order valence-electron chi connectivity index (χ0n) is 28.7. The molecule has 10 nitrogen and oxygen atoms in total. The lowest BCUT2D eigenvalue weighted by Gasteiger charge is -2.47. The number of aromatic nitrogens is 4. The monoisotopic (exact) mass is 618 g/mol. The molecule has 1 saturated heterocycles. The van der Waals surface area contributed by atoms with E-state index in [0.717, 1.165) is 63.5 Å². The number of tetrazole rings is 1. The Morgan fingerprint density at radius 2 is 1.76 bits per heavy atom. The van der Waals surface area contributed by atoms with Gasteiger partial charge in [0.25, 0.3) is 11.8 Å². The van der Waals surface area contributed by atoms with Crippen LogP contribution in [0, 0.1) is 22.7 Å². The first-order valence-corrected chi connectivity index (χ1v) is 17.0. The molecule has 0 bridgehead atoms. The Hall–Kier alpha value is -3.30. The average Bonchev–Trinajstić information content (AvgIpc) is 3.58. The van der Waals surface area contributed by atoms with E-state index in [9.17, 15) is 9.59 Å². The zero-order chi connectivity index (χ0) is 32.6. The second kappa shape index (κ2) is 12.8. The van der Waals surface area contributed by atoms with Gasteiger partial charge in [0.05, 0.1) is 12.6 Å². The molecule has 2 N–H and O–H groups in total. The number of carbonyl (C=O) groups is 2. The quantitative estimate of drug-likeness (QED) is 0.376. The fourth-order valence-electron chi connectivity index (χ4n) is 7.63. The standard InChI is InChI=1S/C35H54N8O2/c1-23-16-20-42(24(2)21-23)30-32(45)43(35(37-30)18-13-27(14-19-35)34(6,7)8)28(15-17-33(3,4)5)25-9-11-26(12-10-25)31(44)36-22-29-38-40-41-39-29/h9-12,23-24,27-28H,13-22H2,1-8H3,(H,36,44)(H,38,39,40,41)/t23?,24?,27?,28-,35?/m1/s1. The minimum absolute atomic E-state index is 0.0754. The van der Waals surface area contributed by atoms with Gasteiger partial charge in [0.2, 0.25) is 0 Å². The summed E-state index contributed by atoms with van der Waals surface area (Å²) in [6, 6.07) is 7.94. The van der Waals surface area contributed by atoms with Crippen LogP contribution in [-0.4, -0.2) is 66.3 Å². The number of H-pyrrole nitrogens is 1.